The fourth-order valence-electron chi connectivity index (χ4n) is 1.92. The Bertz CT molecular complexity index is 806. The highest BCUT2D eigenvalue weighted by Crippen LogP contribution is 2.12. The summed E-state index contributed by atoms with van der Waals surface area (Å²) in [6.07, 6.45) is 1.63. The van der Waals surface area contributed by atoms with E-state index in [1.54, 1.807) is 36.5 Å². The summed E-state index contributed by atoms with van der Waals surface area (Å²) in [5.41, 5.74) is 6.44. The molecule has 0 fully saturated rings. The molecule has 0 aliphatic heterocycles. The van der Waals surface area contributed by atoms with Gasteiger partial charge in [-0.1, -0.05) is 12.1 Å². The van der Waals surface area contributed by atoms with Crippen molar-refractivity contribution in [2.75, 3.05) is 5.73 Å². The van der Waals surface area contributed by atoms with Gasteiger partial charge in [0.1, 0.15) is 5.82 Å². The maximum Gasteiger partial charge on any atom is 0.350 e. The fraction of sp³-hybridized carbons (Fsp3) is 0.0769. The van der Waals surface area contributed by atoms with Crippen LogP contribution in [0, 0.1) is 5.82 Å². The second-order valence-electron chi connectivity index (χ2n) is 4.22. The number of halogens is 1. The fourth-order valence-corrected chi connectivity index (χ4v) is 1.92. The first-order chi connectivity index (χ1) is 9.15. The number of pyridine rings is 1. The number of rotatable bonds is 2. The van der Waals surface area contributed by atoms with Gasteiger partial charge in [-0.05, 0) is 24.3 Å². The second-order valence-corrected chi connectivity index (χ2v) is 4.22. The Labute approximate surface area is 107 Å². The van der Waals surface area contributed by atoms with Crippen molar-refractivity contribution in [2.45, 2.75) is 6.54 Å². The van der Waals surface area contributed by atoms with Gasteiger partial charge in [-0.25, -0.2) is 13.9 Å². The highest BCUT2D eigenvalue weighted by atomic mass is 19.1. The predicted octanol–water partition coefficient (Wildman–Crippen LogP) is 1.27. The molecule has 2 N–H and O–H groups in total. The molecule has 96 valence electrons. The SMILES string of the molecule is Nc1ccc(Cn2nc3ccccn3c2=O)c(F)c1. The number of fused-ring (bicyclic) bond motifs is 1. The zero-order chi connectivity index (χ0) is 13.4. The second kappa shape index (κ2) is 4.24. The summed E-state index contributed by atoms with van der Waals surface area (Å²) in [6.45, 7) is 0.0760. The van der Waals surface area contributed by atoms with Crippen LogP contribution in [0.5, 0.6) is 0 Å². The Morgan fingerprint density at radius 2 is 2.11 bits per heavy atom. The third-order valence-corrected chi connectivity index (χ3v) is 2.89. The van der Waals surface area contributed by atoms with Gasteiger partial charge in [-0.15, -0.1) is 5.10 Å². The third-order valence-electron chi connectivity index (χ3n) is 2.89. The maximum absolute atomic E-state index is 13.7. The smallest absolute Gasteiger partial charge is 0.350 e. The van der Waals surface area contributed by atoms with Crippen molar-refractivity contribution in [3.8, 4) is 0 Å². The number of hydrogen-bond acceptors (Lipinski definition) is 3. The minimum Gasteiger partial charge on any atom is -0.399 e. The van der Waals surface area contributed by atoms with Crippen molar-refractivity contribution in [1.29, 1.82) is 0 Å². The third kappa shape index (κ3) is 1.97. The number of nitrogens with two attached hydrogens (primary N) is 1. The largest absolute Gasteiger partial charge is 0.399 e. The normalized spacial score (nSPS) is 11.0. The number of benzene rings is 1. The van der Waals surface area contributed by atoms with E-state index in [0.717, 1.165) is 0 Å². The van der Waals surface area contributed by atoms with E-state index in [1.807, 2.05) is 0 Å². The summed E-state index contributed by atoms with van der Waals surface area (Å²) in [5.74, 6) is -0.441. The van der Waals surface area contributed by atoms with Crippen molar-refractivity contribution in [3.05, 3.63) is 64.5 Å². The molecule has 2 aromatic heterocycles. The van der Waals surface area contributed by atoms with E-state index < -0.39 is 5.82 Å². The van der Waals surface area contributed by atoms with Crippen molar-refractivity contribution in [3.63, 3.8) is 0 Å². The molecule has 0 bridgehead atoms. The van der Waals surface area contributed by atoms with Gasteiger partial charge < -0.3 is 5.73 Å². The minimum atomic E-state index is -0.441. The average Bonchev–Trinajstić information content (AvgIpc) is 2.70. The molecule has 0 saturated carbocycles. The van der Waals surface area contributed by atoms with Crippen LogP contribution in [0.15, 0.2) is 47.4 Å². The summed E-state index contributed by atoms with van der Waals surface area (Å²) >= 11 is 0. The van der Waals surface area contributed by atoms with Crippen molar-refractivity contribution in [1.82, 2.24) is 14.2 Å². The molecule has 0 aliphatic rings. The molecule has 6 heteroatoms. The number of anilines is 1. The zero-order valence-electron chi connectivity index (χ0n) is 9.95. The molecule has 0 saturated heterocycles. The van der Waals surface area contributed by atoms with Crippen molar-refractivity contribution in [2.24, 2.45) is 0 Å². The quantitative estimate of drug-likeness (QED) is 0.704. The van der Waals surface area contributed by atoms with Gasteiger partial charge in [-0.3, -0.25) is 4.40 Å². The first kappa shape index (κ1) is 11.5. The molecule has 1 aromatic carbocycles. The molecular formula is C13H11FN4O. The van der Waals surface area contributed by atoms with E-state index in [4.69, 9.17) is 5.73 Å². The lowest BCUT2D eigenvalue weighted by Crippen LogP contribution is -2.22. The average molecular weight is 258 g/mol. The number of nitrogen functional groups attached to an aromatic ring is 1. The number of aromatic nitrogens is 3. The van der Waals surface area contributed by atoms with E-state index in [9.17, 15) is 9.18 Å². The molecule has 2 heterocycles. The molecule has 0 spiro atoms. The van der Waals surface area contributed by atoms with Crippen LogP contribution in [0.4, 0.5) is 10.1 Å². The van der Waals surface area contributed by atoms with Gasteiger partial charge in [0.15, 0.2) is 5.65 Å². The van der Waals surface area contributed by atoms with E-state index in [1.165, 1.54) is 15.1 Å². The Morgan fingerprint density at radius 1 is 1.26 bits per heavy atom. The Hall–Kier alpha value is -2.63. The zero-order valence-corrected chi connectivity index (χ0v) is 9.95. The Kier molecular flexibility index (Phi) is 2.56. The van der Waals surface area contributed by atoms with Crippen LogP contribution in [0.3, 0.4) is 0 Å². The molecule has 0 radical (unpaired) electrons. The highest BCUT2D eigenvalue weighted by Gasteiger charge is 2.09. The first-order valence-corrected chi connectivity index (χ1v) is 5.73. The Morgan fingerprint density at radius 3 is 2.84 bits per heavy atom. The summed E-state index contributed by atoms with van der Waals surface area (Å²) < 4.78 is 16.3. The van der Waals surface area contributed by atoms with Crippen LogP contribution in [-0.4, -0.2) is 14.2 Å². The van der Waals surface area contributed by atoms with E-state index in [-0.39, 0.29) is 12.2 Å². The molecule has 0 amide bonds. The highest BCUT2D eigenvalue weighted by molar-refractivity contribution is 5.40. The molecule has 0 aliphatic carbocycles. The molecule has 5 nitrogen and oxygen atoms in total. The van der Waals surface area contributed by atoms with E-state index >= 15 is 0 Å². The van der Waals surface area contributed by atoms with Crippen LogP contribution in [0.25, 0.3) is 5.65 Å². The standard InChI is InChI=1S/C13H11FN4O/c14-11-7-10(15)5-4-9(11)8-18-13(19)17-6-2-1-3-12(17)16-18/h1-7H,8,15H2. The topological polar surface area (TPSA) is 65.3 Å². The lowest BCUT2D eigenvalue weighted by atomic mass is 10.2. The van der Waals surface area contributed by atoms with Crippen molar-refractivity contribution >= 4 is 11.3 Å². The predicted molar refractivity (Wildman–Crippen MR) is 69.4 cm³/mol. The van der Waals surface area contributed by atoms with E-state index in [2.05, 4.69) is 5.10 Å². The van der Waals surface area contributed by atoms with Crippen LogP contribution >= 0.6 is 0 Å². The first-order valence-electron chi connectivity index (χ1n) is 5.73. The molecule has 0 atom stereocenters. The summed E-state index contributed by atoms with van der Waals surface area (Å²) in [7, 11) is 0. The van der Waals surface area contributed by atoms with Crippen LogP contribution in [0.1, 0.15) is 5.56 Å². The van der Waals surface area contributed by atoms with Gasteiger partial charge >= 0.3 is 5.69 Å². The van der Waals surface area contributed by atoms with E-state index in [0.29, 0.717) is 16.9 Å². The van der Waals surface area contributed by atoms with Crippen LogP contribution < -0.4 is 11.4 Å². The molecule has 3 aromatic rings. The molecule has 3 rings (SSSR count). The Balaban J connectivity index is 2.06. The number of nitrogens with zero attached hydrogens (tertiary/aromatic N) is 3. The lowest BCUT2D eigenvalue weighted by Gasteiger charge is -2.03. The monoisotopic (exact) mass is 258 g/mol. The van der Waals surface area contributed by atoms with Gasteiger partial charge in [0, 0.05) is 17.4 Å². The summed E-state index contributed by atoms with van der Waals surface area (Å²) in [6, 6.07) is 9.63. The summed E-state index contributed by atoms with van der Waals surface area (Å²) in [4.78, 5) is 12.0. The van der Waals surface area contributed by atoms with Gasteiger partial charge in [-0.2, -0.15) is 0 Å². The minimum absolute atomic E-state index is 0.0760. The van der Waals surface area contributed by atoms with Crippen LogP contribution in [-0.2, 0) is 6.54 Å². The number of hydrogen-bond donors (Lipinski definition) is 1. The van der Waals surface area contributed by atoms with Gasteiger partial charge in [0.25, 0.3) is 0 Å². The lowest BCUT2D eigenvalue weighted by molar-refractivity contribution is 0.579. The van der Waals surface area contributed by atoms with Gasteiger partial charge in [0.05, 0.1) is 6.54 Å². The van der Waals surface area contributed by atoms with Gasteiger partial charge in [0.2, 0.25) is 0 Å². The molecule has 0 unspecified atom stereocenters. The molecule has 19 heavy (non-hydrogen) atoms. The maximum atomic E-state index is 13.7. The molecular weight excluding hydrogens is 247 g/mol. The van der Waals surface area contributed by atoms with Crippen LogP contribution in [0.2, 0.25) is 0 Å². The summed E-state index contributed by atoms with van der Waals surface area (Å²) in [5, 5.41) is 4.14. The van der Waals surface area contributed by atoms with Crippen molar-refractivity contribution < 1.29 is 4.39 Å².